The molecule has 1 heterocycles. The van der Waals surface area contributed by atoms with E-state index in [1.165, 1.54) is 10.5 Å². The van der Waals surface area contributed by atoms with Gasteiger partial charge in [0.15, 0.2) is 17.3 Å². The van der Waals surface area contributed by atoms with E-state index in [-0.39, 0.29) is 11.9 Å². The third-order valence-corrected chi connectivity index (χ3v) is 4.47. The Kier molecular flexibility index (Phi) is 5.45. The number of carbonyl (C=O) groups excluding carboxylic acids is 1. The average molecular weight is 365 g/mol. The number of hydrogen-bond acceptors (Lipinski definition) is 4. The second kappa shape index (κ2) is 7.95. The number of amides is 2. The predicted octanol–water partition coefficient (Wildman–Crippen LogP) is 3.95. The summed E-state index contributed by atoms with van der Waals surface area (Å²) in [6, 6.07) is 13.3. The second-order valence-corrected chi connectivity index (χ2v) is 6.21. The number of methoxy groups -OCH3 is 1. The summed E-state index contributed by atoms with van der Waals surface area (Å²) in [5.41, 5.74) is 3.58. The highest BCUT2D eigenvalue weighted by Gasteiger charge is 2.28. The van der Waals surface area contributed by atoms with Crippen molar-refractivity contribution in [3.05, 3.63) is 64.9 Å². The van der Waals surface area contributed by atoms with Crippen molar-refractivity contribution < 1.29 is 14.3 Å². The van der Waals surface area contributed by atoms with Gasteiger partial charge in [0, 0.05) is 6.54 Å². The fourth-order valence-corrected chi connectivity index (χ4v) is 2.88. The third-order valence-electron chi connectivity index (χ3n) is 4.47. The standard InChI is InChI=1S/C21H23N3O3/c1-4-24-20(22)17(23-21(24)25)11-15-9-10-18(19(12-15)26-3)27-13-16-8-6-5-7-14(16)2/h5-12,22H,4,13H2,1-3H3,(H,23,25). The molecule has 0 aliphatic carbocycles. The number of nitrogens with one attached hydrogen (secondary N) is 2. The number of aryl methyl sites for hydroxylation is 1. The van der Waals surface area contributed by atoms with Gasteiger partial charge >= 0.3 is 6.03 Å². The molecule has 0 aromatic heterocycles. The van der Waals surface area contributed by atoms with Crippen LogP contribution >= 0.6 is 0 Å². The van der Waals surface area contributed by atoms with Gasteiger partial charge in [-0.05, 0) is 48.7 Å². The number of ether oxygens (including phenoxy) is 2. The molecule has 0 bridgehead atoms. The minimum atomic E-state index is -0.279. The number of hydrogen-bond donors (Lipinski definition) is 2. The van der Waals surface area contributed by atoms with E-state index >= 15 is 0 Å². The van der Waals surface area contributed by atoms with E-state index in [0.29, 0.717) is 30.3 Å². The van der Waals surface area contributed by atoms with Crippen molar-refractivity contribution in [2.45, 2.75) is 20.5 Å². The van der Waals surface area contributed by atoms with Crippen molar-refractivity contribution in [2.24, 2.45) is 0 Å². The van der Waals surface area contributed by atoms with Crippen molar-refractivity contribution in [3.8, 4) is 11.5 Å². The zero-order valence-corrected chi connectivity index (χ0v) is 15.7. The Hall–Kier alpha value is -3.28. The molecule has 0 unspecified atom stereocenters. The molecule has 1 aliphatic rings. The fraction of sp³-hybridized carbons (Fsp3) is 0.238. The van der Waals surface area contributed by atoms with Crippen LogP contribution in [0.5, 0.6) is 11.5 Å². The van der Waals surface area contributed by atoms with E-state index in [2.05, 4.69) is 18.3 Å². The number of likely N-dealkylation sites (N-methyl/N-ethyl adjacent to an activating group) is 1. The summed E-state index contributed by atoms with van der Waals surface area (Å²) >= 11 is 0. The first-order valence-electron chi connectivity index (χ1n) is 8.78. The lowest BCUT2D eigenvalue weighted by atomic mass is 10.1. The SMILES string of the molecule is CCN1C(=N)C(=Cc2ccc(OCc3ccccc3C)c(OC)c2)NC1=O. The lowest BCUT2D eigenvalue weighted by Gasteiger charge is -2.13. The van der Waals surface area contributed by atoms with Gasteiger partial charge in [0.25, 0.3) is 0 Å². The quantitative estimate of drug-likeness (QED) is 0.814. The number of rotatable bonds is 6. The van der Waals surface area contributed by atoms with Gasteiger partial charge in [-0.15, -0.1) is 0 Å². The molecule has 140 valence electrons. The molecule has 27 heavy (non-hydrogen) atoms. The maximum absolute atomic E-state index is 11.8. The smallest absolute Gasteiger partial charge is 0.327 e. The van der Waals surface area contributed by atoms with E-state index in [9.17, 15) is 4.79 Å². The molecule has 1 saturated heterocycles. The summed E-state index contributed by atoms with van der Waals surface area (Å²) in [5, 5.41) is 10.8. The molecule has 2 aromatic rings. The molecule has 0 saturated carbocycles. The van der Waals surface area contributed by atoms with Crippen molar-refractivity contribution in [1.29, 1.82) is 5.41 Å². The number of benzene rings is 2. The van der Waals surface area contributed by atoms with Gasteiger partial charge in [-0.2, -0.15) is 0 Å². The van der Waals surface area contributed by atoms with Gasteiger partial charge in [-0.1, -0.05) is 30.3 Å². The summed E-state index contributed by atoms with van der Waals surface area (Å²) in [6.45, 7) is 4.79. The van der Waals surface area contributed by atoms with Crippen LogP contribution in [0.1, 0.15) is 23.6 Å². The Morgan fingerprint density at radius 3 is 2.63 bits per heavy atom. The van der Waals surface area contributed by atoms with Crippen LogP contribution in [-0.4, -0.2) is 30.4 Å². The Morgan fingerprint density at radius 1 is 1.19 bits per heavy atom. The Bertz CT molecular complexity index is 905. The molecule has 2 N–H and O–H groups in total. The average Bonchev–Trinajstić information content (AvgIpc) is 2.94. The molecule has 6 heteroatoms. The molecule has 0 radical (unpaired) electrons. The number of amidine groups is 1. The van der Waals surface area contributed by atoms with E-state index < -0.39 is 0 Å². The van der Waals surface area contributed by atoms with Crippen molar-refractivity contribution in [3.63, 3.8) is 0 Å². The summed E-state index contributed by atoms with van der Waals surface area (Å²) in [5.74, 6) is 1.41. The molecule has 6 nitrogen and oxygen atoms in total. The summed E-state index contributed by atoms with van der Waals surface area (Å²) < 4.78 is 11.4. The molecule has 2 aromatic carbocycles. The second-order valence-electron chi connectivity index (χ2n) is 6.21. The van der Waals surface area contributed by atoms with E-state index in [1.807, 2.05) is 43.3 Å². The topological polar surface area (TPSA) is 74.7 Å². The van der Waals surface area contributed by atoms with Crippen molar-refractivity contribution in [1.82, 2.24) is 10.2 Å². The van der Waals surface area contributed by atoms with E-state index in [0.717, 1.165) is 11.1 Å². The van der Waals surface area contributed by atoms with Gasteiger partial charge in [-0.3, -0.25) is 10.3 Å². The van der Waals surface area contributed by atoms with Gasteiger partial charge < -0.3 is 14.8 Å². The number of carbonyl (C=O) groups is 1. The zero-order chi connectivity index (χ0) is 19.4. The monoisotopic (exact) mass is 365 g/mol. The number of nitrogens with zero attached hydrogens (tertiary/aromatic N) is 1. The summed E-state index contributed by atoms with van der Waals surface area (Å²) in [4.78, 5) is 13.2. The minimum Gasteiger partial charge on any atom is -0.493 e. The zero-order valence-electron chi connectivity index (χ0n) is 15.7. The van der Waals surface area contributed by atoms with Crippen molar-refractivity contribution in [2.75, 3.05) is 13.7 Å². The van der Waals surface area contributed by atoms with Crippen LogP contribution in [0.2, 0.25) is 0 Å². The number of urea groups is 1. The van der Waals surface area contributed by atoms with Crippen LogP contribution in [0, 0.1) is 12.3 Å². The van der Waals surface area contributed by atoms with Gasteiger partial charge in [0.2, 0.25) is 0 Å². The highest BCUT2D eigenvalue weighted by Crippen LogP contribution is 2.30. The van der Waals surface area contributed by atoms with Crippen LogP contribution in [0.25, 0.3) is 6.08 Å². The first-order valence-corrected chi connectivity index (χ1v) is 8.78. The molecular formula is C21H23N3O3. The molecular weight excluding hydrogens is 342 g/mol. The first-order chi connectivity index (χ1) is 13.0. The maximum Gasteiger partial charge on any atom is 0.327 e. The molecule has 0 atom stereocenters. The Labute approximate surface area is 158 Å². The molecule has 1 fully saturated rings. The lowest BCUT2D eigenvalue weighted by Crippen LogP contribution is -2.29. The lowest BCUT2D eigenvalue weighted by molar-refractivity contribution is 0.230. The van der Waals surface area contributed by atoms with Crippen molar-refractivity contribution >= 4 is 17.9 Å². The van der Waals surface area contributed by atoms with Crippen LogP contribution < -0.4 is 14.8 Å². The molecule has 0 spiro atoms. The fourth-order valence-electron chi connectivity index (χ4n) is 2.88. The van der Waals surface area contributed by atoms with Crippen LogP contribution in [-0.2, 0) is 6.61 Å². The highest BCUT2D eigenvalue weighted by molar-refractivity contribution is 6.15. The summed E-state index contributed by atoms with van der Waals surface area (Å²) in [6.07, 6.45) is 1.75. The van der Waals surface area contributed by atoms with Gasteiger partial charge in [0.05, 0.1) is 12.8 Å². The molecule has 1 aliphatic heterocycles. The third kappa shape index (κ3) is 3.95. The van der Waals surface area contributed by atoms with Gasteiger partial charge in [0.1, 0.15) is 6.61 Å². The summed E-state index contributed by atoms with van der Waals surface area (Å²) in [7, 11) is 1.59. The maximum atomic E-state index is 11.8. The van der Waals surface area contributed by atoms with Crippen LogP contribution in [0.3, 0.4) is 0 Å². The minimum absolute atomic E-state index is 0.168. The first kappa shape index (κ1) is 18.5. The van der Waals surface area contributed by atoms with Gasteiger partial charge in [-0.25, -0.2) is 4.79 Å². The molecule has 3 rings (SSSR count). The molecule has 2 amide bonds. The largest absolute Gasteiger partial charge is 0.493 e. The van der Waals surface area contributed by atoms with E-state index in [1.54, 1.807) is 13.2 Å². The van der Waals surface area contributed by atoms with Crippen LogP contribution in [0.15, 0.2) is 48.2 Å². The van der Waals surface area contributed by atoms with Crippen LogP contribution in [0.4, 0.5) is 4.79 Å². The Morgan fingerprint density at radius 2 is 1.96 bits per heavy atom. The normalized spacial score (nSPS) is 15.2. The Balaban J connectivity index is 1.79. The highest BCUT2D eigenvalue weighted by atomic mass is 16.5. The predicted molar refractivity (Wildman–Crippen MR) is 105 cm³/mol. The van der Waals surface area contributed by atoms with E-state index in [4.69, 9.17) is 14.9 Å².